The minimum absolute atomic E-state index is 0.124. The van der Waals surface area contributed by atoms with Gasteiger partial charge >= 0.3 is 0 Å². The Balaban J connectivity index is 1.49. The molecule has 7 heteroatoms. The average molecular weight is 487 g/mol. The molecule has 180 valence electrons. The summed E-state index contributed by atoms with van der Waals surface area (Å²) in [5.74, 6) is 0.680. The summed E-state index contributed by atoms with van der Waals surface area (Å²) in [6, 6.07) is 27.7. The van der Waals surface area contributed by atoms with E-state index >= 15 is 0 Å². The van der Waals surface area contributed by atoms with Gasteiger partial charge in [-0.05, 0) is 35.4 Å². The summed E-state index contributed by atoms with van der Waals surface area (Å²) < 4.78 is 6.07. The van der Waals surface area contributed by atoms with Crippen LogP contribution in [0, 0.1) is 0 Å². The van der Waals surface area contributed by atoms with Gasteiger partial charge in [0, 0.05) is 30.4 Å². The van der Waals surface area contributed by atoms with E-state index < -0.39 is 6.10 Å². The van der Waals surface area contributed by atoms with E-state index in [9.17, 15) is 4.79 Å². The van der Waals surface area contributed by atoms with Crippen molar-refractivity contribution in [2.45, 2.75) is 25.6 Å². The van der Waals surface area contributed by atoms with Crippen LogP contribution in [0.2, 0.25) is 0 Å². The minimum Gasteiger partial charge on any atom is -0.463 e. The van der Waals surface area contributed by atoms with Crippen molar-refractivity contribution in [3.63, 3.8) is 0 Å². The van der Waals surface area contributed by atoms with Crippen molar-refractivity contribution in [1.29, 1.82) is 0 Å². The first-order valence-corrected chi connectivity index (χ1v) is 12.3. The third-order valence-electron chi connectivity index (χ3n) is 5.71. The van der Waals surface area contributed by atoms with Crippen LogP contribution in [0.1, 0.15) is 12.5 Å². The molecule has 0 radical (unpaired) electrons. The van der Waals surface area contributed by atoms with Crippen molar-refractivity contribution in [3.05, 3.63) is 90.5 Å². The Hall–Kier alpha value is -3.55. The Kier molecular flexibility index (Phi) is 8.23. The second-order valence-corrected chi connectivity index (χ2v) is 8.72. The summed E-state index contributed by atoms with van der Waals surface area (Å²) in [6.45, 7) is 2.64. The quantitative estimate of drug-likeness (QED) is 0.245. The number of thiol groups is 1. The van der Waals surface area contributed by atoms with Gasteiger partial charge < -0.3 is 21.1 Å². The molecule has 0 aliphatic carbocycles. The van der Waals surface area contributed by atoms with Crippen molar-refractivity contribution in [1.82, 2.24) is 10.3 Å². The lowest BCUT2D eigenvalue weighted by Crippen LogP contribution is -2.36. The fourth-order valence-electron chi connectivity index (χ4n) is 3.73. The maximum absolute atomic E-state index is 12.9. The Morgan fingerprint density at radius 1 is 1.00 bits per heavy atom. The van der Waals surface area contributed by atoms with Crippen molar-refractivity contribution in [3.8, 4) is 17.1 Å². The van der Waals surface area contributed by atoms with Gasteiger partial charge in [0.15, 0.2) is 6.10 Å². The van der Waals surface area contributed by atoms with Crippen LogP contribution >= 0.6 is 12.6 Å². The van der Waals surface area contributed by atoms with Crippen molar-refractivity contribution in [2.24, 2.45) is 5.73 Å². The van der Waals surface area contributed by atoms with Gasteiger partial charge in [0.1, 0.15) is 0 Å². The van der Waals surface area contributed by atoms with Gasteiger partial charge in [-0.1, -0.05) is 72.8 Å². The van der Waals surface area contributed by atoms with Crippen LogP contribution in [0.15, 0.2) is 84.9 Å². The van der Waals surface area contributed by atoms with Crippen molar-refractivity contribution in [2.75, 3.05) is 17.6 Å². The number of pyridine rings is 1. The number of carbonyl (C=O) groups is 1. The zero-order valence-corrected chi connectivity index (χ0v) is 20.5. The molecule has 3 aromatic carbocycles. The van der Waals surface area contributed by atoms with Gasteiger partial charge in [-0.3, -0.25) is 4.79 Å². The van der Waals surface area contributed by atoms with Crippen LogP contribution in [-0.4, -0.2) is 35.3 Å². The van der Waals surface area contributed by atoms with Gasteiger partial charge in [0.2, 0.25) is 5.88 Å². The lowest BCUT2D eigenvalue weighted by molar-refractivity contribution is -0.127. The van der Waals surface area contributed by atoms with Crippen LogP contribution < -0.4 is 21.1 Å². The minimum atomic E-state index is -0.748. The first kappa shape index (κ1) is 24.6. The molecule has 0 spiro atoms. The van der Waals surface area contributed by atoms with E-state index in [4.69, 9.17) is 15.5 Å². The van der Waals surface area contributed by atoms with Crippen molar-refractivity contribution >= 4 is 35.0 Å². The summed E-state index contributed by atoms with van der Waals surface area (Å²) in [7, 11) is 0. The molecule has 2 unspecified atom stereocenters. The highest BCUT2D eigenvalue weighted by Crippen LogP contribution is 2.28. The zero-order valence-electron chi connectivity index (χ0n) is 19.6. The highest BCUT2D eigenvalue weighted by molar-refractivity contribution is 7.80. The molecule has 35 heavy (non-hydrogen) atoms. The molecule has 1 aromatic heterocycles. The van der Waals surface area contributed by atoms with E-state index in [1.165, 1.54) is 0 Å². The third-order valence-corrected chi connectivity index (χ3v) is 6.18. The molecule has 0 aliphatic rings. The van der Waals surface area contributed by atoms with E-state index in [0.29, 0.717) is 30.4 Å². The van der Waals surface area contributed by atoms with E-state index in [-0.39, 0.29) is 11.9 Å². The Bertz CT molecular complexity index is 1280. The van der Waals surface area contributed by atoms with E-state index in [1.807, 2.05) is 66.7 Å². The first-order chi connectivity index (χ1) is 17.0. The van der Waals surface area contributed by atoms with E-state index in [1.54, 1.807) is 6.92 Å². The fraction of sp³-hybridized carbons (Fsp3) is 0.214. The second kappa shape index (κ2) is 11.7. The summed E-state index contributed by atoms with van der Waals surface area (Å²) >= 11 is 4.25. The van der Waals surface area contributed by atoms with Crippen LogP contribution in [-0.2, 0) is 11.3 Å². The summed E-state index contributed by atoms with van der Waals surface area (Å²) in [4.78, 5) is 17.6. The molecule has 4 aromatic rings. The van der Waals surface area contributed by atoms with Gasteiger partial charge in [-0.25, -0.2) is 4.98 Å². The van der Waals surface area contributed by atoms with Crippen LogP contribution in [0.3, 0.4) is 0 Å². The molecule has 6 nitrogen and oxygen atoms in total. The summed E-state index contributed by atoms with van der Waals surface area (Å²) in [5, 5.41) is 8.52. The number of nitrogens with zero attached hydrogens (tertiary/aromatic N) is 1. The maximum Gasteiger partial charge on any atom is 0.261 e. The monoisotopic (exact) mass is 486 g/mol. The molecule has 1 heterocycles. The fourth-order valence-corrected chi connectivity index (χ4v) is 3.86. The summed E-state index contributed by atoms with van der Waals surface area (Å²) in [6.07, 6.45) is -0.748. The van der Waals surface area contributed by atoms with Crippen LogP contribution in [0.5, 0.6) is 5.88 Å². The standard InChI is InChI=1S/C28H30N4O2S/c1-19(27(33)31-16-22-12-7-11-20-8-5-6-13-24(20)22)34-28-26(30-17-23(29)18-35)15-14-25(32-28)21-9-3-2-4-10-21/h2-15,19,23,30,35H,16-18,29H2,1H3,(H,31,33). The molecular weight excluding hydrogens is 456 g/mol. The number of fused-ring (bicyclic) bond motifs is 1. The zero-order chi connectivity index (χ0) is 24.6. The Morgan fingerprint density at radius 3 is 2.54 bits per heavy atom. The van der Waals surface area contributed by atoms with Gasteiger partial charge in [0.25, 0.3) is 5.91 Å². The van der Waals surface area contributed by atoms with Gasteiger partial charge in [0.05, 0.1) is 11.4 Å². The molecule has 0 bridgehead atoms. The predicted molar refractivity (Wildman–Crippen MR) is 146 cm³/mol. The lowest BCUT2D eigenvalue weighted by Gasteiger charge is -2.19. The molecule has 0 fully saturated rings. The number of nitrogens with two attached hydrogens (primary N) is 1. The third kappa shape index (κ3) is 6.32. The highest BCUT2D eigenvalue weighted by Gasteiger charge is 2.19. The number of anilines is 1. The van der Waals surface area contributed by atoms with Gasteiger partial charge in [-0.2, -0.15) is 12.6 Å². The van der Waals surface area contributed by atoms with Crippen molar-refractivity contribution < 1.29 is 9.53 Å². The number of rotatable bonds is 10. The molecule has 0 aliphatic heterocycles. The Labute approximate surface area is 211 Å². The van der Waals surface area contributed by atoms with E-state index in [0.717, 1.165) is 27.6 Å². The van der Waals surface area contributed by atoms with Gasteiger partial charge in [-0.15, -0.1) is 0 Å². The van der Waals surface area contributed by atoms with Crippen LogP contribution in [0.25, 0.3) is 22.0 Å². The summed E-state index contributed by atoms with van der Waals surface area (Å²) in [5.41, 5.74) is 9.46. The number of hydrogen-bond donors (Lipinski definition) is 4. The molecule has 4 N–H and O–H groups in total. The topological polar surface area (TPSA) is 89.3 Å². The SMILES string of the molecule is CC(Oc1nc(-c2ccccc2)ccc1NCC(N)CS)C(=O)NCc1cccc2ccccc12. The lowest BCUT2D eigenvalue weighted by atomic mass is 10.0. The molecule has 4 rings (SSSR count). The number of carbonyl (C=O) groups excluding carboxylic acids is 1. The maximum atomic E-state index is 12.9. The number of nitrogens with one attached hydrogen (secondary N) is 2. The number of amides is 1. The molecule has 0 saturated carbocycles. The number of aromatic nitrogens is 1. The largest absolute Gasteiger partial charge is 0.463 e. The second-order valence-electron chi connectivity index (χ2n) is 8.35. The predicted octanol–water partition coefficient (Wildman–Crippen LogP) is 4.65. The van der Waals surface area contributed by atoms with Crippen LogP contribution in [0.4, 0.5) is 5.69 Å². The number of ether oxygens (including phenoxy) is 1. The smallest absolute Gasteiger partial charge is 0.261 e. The Morgan fingerprint density at radius 2 is 1.74 bits per heavy atom. The first-order valence-electron chi connectivity index (χ1n) is 11.6. The number of benzene rings is 3. The molecule has 2 atom stereocenters. The highest BCUT2D eigenvalue weighted by atomic mass is 32.1. The average Bonchev–Trinajstić information content (AvgIpc) is 2.91. The number of hydrogen-bond acceptors (Lipinski definition) is 6. The molecular formula is C28H30N4O2S. The molecule has 0 saturated heterocycles. The normalized spacial score (nSPS) is 12.7. The van der Waals surface area contributed by atoms with E-state index in [2.05, 4.69) is 41.5 Å². The molecule has 1 amide bonds.